The molecule has 0 aliphatic heterocycles. The van der Waals surface area contributed by atoms with Crippen LogP contribution in [0.1, 0.15) is 38.2 Å². The molecule has 0 radical (unpaired) electrons. The van der Waals surface area contributed by atoms with Crippen molar-refractivity contribution in [3.05, 3.63) is 26.4 Å². The van der Waals surface area contributed by atoms with Crippen LogP contribution < -0.4 is 11.2 Å². The number of carbonyl (C=O) groups is 1. The highest BCUT2D eigenvalue weighted by Gasteiger charge is 2.14. The van der Waals surface area contributed by atoms with Crippen molar-refractivity contribution in [3.8, 4) is 5.88 Å². The topological polar surface area (TPSA) is 123 Å². The third-order valence-corrected chi connectivity index (χ3v) is 3.09. The lowest BCUT2D eigenvalue weighted by molar-refractivity contribution is -0.142. The Morgan fingerprint density at radius 3 is 2.47 bits per heavy atom. The lowest BCUT2D eigenvalue weighted by Crippen LogP contribution is -2.25. The van der Waals surface area contributed by atoms with Gasteiger partial charge in [-0.3, -0.25) is 19.6 Å². The molecule has 19 heavy (non-hydrogen) atoms. The van der Waals surface area contributed by atoms with Crippen LogP contribution >= 0.6 is 0 Å². The second kappa shape index (κ2) is 6.77. The van der Waals surface area contributed by atoms with Crippen LogP contribution in [0.25, 0.3) is 0 Å². The van der Waals surface area contributed by atoms with Gasteiger partial charge in [0.2, 0.25) is 5.88 Å². The van der Waals surface area contributed by atoms with Crippen molar-refractivity contribution in [1.29, 1.82) is 0 Å². The highest BCUT2D eigenvalue weighted by atomic mass is 16.4. The Morgan fingerprint density at radius 2 is 1.95 bits per heavy atom. The molecule has 0 fully saturated rings. The molecular formula is C12H18N2O5. The predicted molar refractivity (Wildman–Crippen MR) is 68.3 cm³/mol. The van der Waals surface area contributed by atoms with Gasteiger partial charge in [0.05, 0.1) is 11.5 Å². The van der Waals surface area contributed by atoms with Gasteiger partial charge in [0, 0.05) is 0 Å². The number of rotatable bonds is 7. The molecule has 0 aliphatic carbocycles. The van der Waals surface area contributed by atoms with Crippen LogP contribution in [-0.4, -0.2) is 26.2 Å². The average molecular weight is 270 g/mol. The fourth-order valence-electron chi connectivity index (χ4n) is 1.93. The summed E-state index contributed by atoms with van der Waals surface area (Å²) in [6.07, 6.45) is 2.62. The summed E-state index contributed by atoms with van der Waals surface area (Å²) in [7, 11) is 0. The molecular weight excluding hydrogens is 252 g/mol. The Kier molecular flexibility index (Phi) is 5.35. The van der Waals surface area contributed by atoms with Gasteiger partial charge in [-0.1, -0.05) is 13.3 Å². The molecule has 7 heteroatoms. The summed E-state index contributed by atoms with van der Waals surface area (Å²) < 4.78 is 0. The van der Waals surface area contributed by atoms with E-state index in [0.29, 0.717) is 32.1 Å². The van der Waals surface area contributed by atoms with Crippen LogP contribution in [0.15, 0.2) is 9.59 Å². The van der Waals surface area contributed by atoms with Crippen LogP contribution in [0.2, 0.25) is 0 Å². The zero-order chi connectivity index (χ0) is 14.4. The SMILES string of the molecule is CCC(CCCCc1c(O)[nH]c(=O)[nH]c1=O)C(=O)O. The van der Waals surface area contributed by atoms with E-state index in [-0.39, 0.29) is 11.5 Å². The van der Waals surface area contributed by atoms with E-state index in [0.717, 1.165) is 0 Å². The molecule has 1 unspecified atom stereocenters. The number of aromatic amines is 2. The molecule has 1 rings (SSSR count). The number of unbranched alkanes of at least 4 members (excludes halogenated alkanes) is 1. The first kappa shape index (κ1) is 15.0. The summed E-state index contributed by atoms with van der Waals surface area (Å²) >= 11 is 0. The quantitative estimate of drug-likeness (QED) is 0.540. The third-order valence-electron chi connectivity index (χ3n) is 3.09. The molecule has 0 spiro atoms. The lowest BCUT2D eigenvalue weighted by Gasteiger charge is -2.09. The van der Waals surface area contributed by atoms with Gasteiger partial charge in [0.25, 0.3) is 5.56 Å². The van der Waals surface area contributed by atoms with Crippen LogP contribution in [0, 0.1) is 5.92 Å². The monoisotopic (exact) mass is 270 g/mol. The minimum atomic E-state index is -0.813. The minimum absolute atomic E-state index is 0.128. The molecule has 7 nitrogen and oxygen atoms in total. The van der Waals surface area contributed by atoms with Gasteiger partial charge in [0.15, 0.2) is 0 Å². The van der Waals surface area contributed by atoms with Gasteiger partial charge in [-0.2, -0.15) is 0 Å². The summed E-state index contributed by atoms with van der Waals surface area (Å²) in [5.41, 5.74) is -1.22. The van der Waals surface area contributed by atoms with Crippen molar-refractivity contribution in [3.63, 3.8) is 0 Å². The summed E-state index contributed by atoms with van der Waals surface area (Å²) in [6.45, 7) is 1.82. The summed E-state index contributed by atoms with van der Waals surface area (Å²) in [5.74, 6) is -1.60. The van der Waals surface area contributed by atoms with Crippen molar-refractivity contribution >= 4 is 5.97 Å². The molecule has 1 aromatic rings. The number of carboxylic acid groups (broad SMARTS) is 1. The van der Waals surface area contributed by atoms with Crippen molar-refractivity contribution in [1.82, 2.24) is 9.97 Å². The summed E-state index contributed by atoms with van der Waals surface area (Å²) in [5, 5.41) is 18.3. The number of hydrogen-bond donors (Lipinski definition) is 4. The van der Waals surface area contributed by atoms with Crippen LogP contribution in [0.3, 0.4) is 0 Å². The standard InChI is InChI=1S/C12H18N2O5/c1-2-7(11(17)18)5-3-4-6-8-9(15)13-12(19)14-10(8)16/h7H,2-6H2,1H3,(H,17,18)(H3,13,14,15,16,19). The number of nitrogens with one attached hydrogen (secondary N) is 2. The van der Waals surface area contributed by atoms with Crippen molar-refractivity contribution in [2.75, 3.05) is 0 Å². The normalized spacial score (nSPS) is 12.3. The second-order valence-corrected chi connectivity index (χ2v) is 4.42. The maximum atomic E-state index is 11.4. The van der Waals surface area contributed by atoms with Crippen molar-refractivity contribution in [2.24, 2.45) is 5.92 Å². The third kappa shape index (κ3) is 4.27. The average Bonchev–Trinajstić information content (AvgIpc) is 2.31. The largest absolute Gasteiger partial charge is 0.494 e. The molecule has 4 N–H and O–H groups in total. The van der Waals surface area contributed by atoms with Crippen LogP contribution in [0.4, 0.5) is 0 Å². The van der Waals surface area contributed by atoms with Crippen molar-refractivity contribution < 1.29 is 15.0 Å². The molecule has 0 saturated carbocycles. The number of aromatic nitrogens is 2. The fraction of sp³-hybridized carbons (Fsp3) is 0.583. The van der Waals surface area contributed by atoms with Crippen LogP contribution in [-0.2, 0) is 11.2 Å². The Labute approximate surface area is 109 Å². The number of hydrogen-bond acceptors (Lipinski definition) is 4. The molecule has 1 aromatic heterocycles. The number of aliphatic carboxylic acids is 1. The van der Waals surface area contributed by atoms with Gasteiger partial charge < -0.3 is 10.2 Å². The van der Waals surface area contributed by atoms with E-state index in [4.69, 9.17) is 5.11 Å². The molecule has 1 atom stereocenters. The summed E-state index contributed by atoms with van der Waals surface area (Å²) in [6, 6.07) is 0. The number of aromatic hydroxyl groups is 1. The smallest absolute Gasteiger partial charge is 0.328 e. The first-order chi connectivity index (χ1) is 8.95. The fourth-order valence-corrected chi connectivity index (χ4v) is 1.93. The second-order valence-electron chi connectivity index (χ2n) is 4.42. The Bertz CT molecular complexity index is 546. The molecule has 1 heterocycles. The molecule has 0 amide bonds. The molecule has 0 aliphatic rings. The first-order valence-electron chi connectivity index (χ1n) is 6.23. The van der Waals surface area contributed by atoms with Gasteiger partial charge >= 0.3 is 11.7 Å². The van der Waals surface area contributed by atoms with Crippen LogP contribution in [0.5, 0.6) is 5.88 Å². The maximum Gasteiger partial charge on any atom is 0.328 e. The minimum Gasteiger partial charge on any atom is -0.494 e. The van der Waals surface area contributed by atoms with Gasteiger partial charge in [-0.15, -0.1) is 0 Å². The first-order valence-corrected chi connectivity index (χ1v) is 6.23. The van der Waals surface area contributed by atoms with Gasteiger partial charge in [-0.05, 0) is 25.7 Å². The highest BCUT2D eigenvalue weighted by Crippen LogP contribution is 2.15. The summed E-state index contributed by atoms with van der Waals surface area (Å²) in [4.78, 5) is 37.2. The van der Waals surface area contributed by atoms with E-state index < -0.39 is 23.1 Å². The Morgan fingerprint density at radius 1 is 1.26 bits per heavy atom. The Balaban J connectivity index is 2.53. The van der Waals surface area contributed by atoms with E-state index in [1.165, 1.54) is 0 Å². The van der Waals surface area contributed by atoms with Gasteiger partial charge in [-0.25, -0.2) is 4.79 Å². The predicted octanol–water partition coefficient (Wildman–Crippen LogP) is 0.592. The Hall–Kier alpha value is -2.05. The van der Waals surface area contributed by atoms with E-state index in [9.17, 15) is 19.5 Å². The number of H-pyrrole nitrogens is 2. The van der Waals surface area contributed by atoms with E-state index in [2.05, 4.69) is 4.98 Å². The van der Waals surface area contributed by atoms with Gasteiger partial charge in [0.1, 0.15) is 0 Å². The zero-order valence-electron chi connectivity index (χ0n) is 10.7. The number of carboxylic acids is 1. The zero-order valence-corrected chi connectivity index (χ0v) is 10.7. The van der Waals surface area contributed by atoms with Crippen molar-refractivity contribution in [2.45, 2.75) is 39.0 Å². The van der Waals surface area contributed by atoms with E-state index in [1.54, 1.807) is 0 Å². The molecule has 0 saturated heterocycles. The highest BCUT2D eigenvalue weighted by molar-refractivity contribution is 5.69. The van der Waals surface area contributed by atoms with E-state index >= 15 is 0 Å². The molecule has 0 bridgehead atoms. The van der Waals surface area contributed by atoms with E-state index in [1.807, 2.05) is 11.9 Å². The molecule has 106 valence electrons. The molecule has 0 aromatic carbocycles. The maximum absolute atomic E-state index is 11.4. The lowest BCUT2D eigenvalue weighted by atomic mass is 9.98.